The second kappa shape index (κ2) is 7.15. The fraction of sp³-hybridized carbons (Fsp3) is 0.273. The minimum absolute atomic E-state index is 0.0775. The molecule has 6 nitrogen and oxygen atoms in total. The standard InChI is InChI=1S/C11H11BrF2N2O4/c1-20-9(10(17)18)4-15-11(19)16-8-3-6(13)5(12)2-7(8)14/h2-3,9H,4H2,1H3,(H,17,18)(H2,15,16,19). The molecule has 0 aliphatic carbocycles. The number of carbonyl (C=O) groups is 2. The highest BCUT2D eigenvalue weighted by Crippen LogP contribution is 2.23. The van der Waals surface area contributed by atoms with E-state index in [0.717, 1.165) is 12.1 Å². The van der Waals surface area contributed by atoms with Crippen molar-refractivity contribution in [2.45, 2.75) is 6.10 Å². The molecule has 0 fully saturated rings. The minimum Gasteiger partial charge on any atom is -0.479 e. The lowest BCUT2D eigenvalue weighted by Crippen LogP contribution is -2.39. The highest BCUT2D eigenvalue weighted by molar-refractivity contribution is 9.10. The molecule has 0 spiro atoms. The lowest BCUT2D eigenvalue weighted by atomic mass is 10.3. The lowest BCUT2D eigenvalue weighted by molar-refractivity contribution is -0.147. The molecular weight excluding hydrogens is 342 g/mol. The number of ether oxygens (including phenoxy) is 1. The van der Waals surface area contributed by atoms with E-state index in [1.54, 1.807) is 0 Å². The summed E-state index contributed by atoms with van der Waals surface area (Å²) in [5.41, 5.74) is -0.368. The Morgan fingerprint density at radius 1 is 1.40 bits per heavy atom. The molecule has 0 bridgehead atoms. The fourth-order valence-corrected chi connectivity index (χ4v) is 1.56. The normalized spacial score (nSPS) is 11.8. The Balaban J connectivity index is 2.63. The van der Waals surface area contributed by atoms with Gasteiger partial charge in [0.05, 0.1) is 16.7 Å². The van der Waals surface area contributed by atoms with Gasteiger partial charge in [-0.1, -0.05) is 0 Å². The SMILES string of the molecule is COC(CNC(=O)Nc1cc(F)c(Br)cc1F)C(=O)O. The van der Waals surface area contributed by atoms with E-state index in [4.69, 9.17) is 5.11 Å². The largest absolute Gasteiger partial charge is 0.479 e. The molecule has 20 heavy (non-hydrogen) atoms. The summed E-state index contributed by atoms with van der Waals surface area (Å²) in [6.45, 7) is -0.321. The average Bonchev–Trinajstić information content (AvgIpc) is 2.36. The second-order valence-corrected chi connectivity index (χ2v) is 4.50. The number of carboxylic acid groups (broad SMARTS) is 1. The van der Waals surface area contributed by atoms with E-state index in [1.807, 2.05) is 0 Å². The van der Waals surface area contributed by atoms with E-state index < -0.39 is 29.7 Å². The van der Waals surface area contributed by atoms with Gasteiger partial charge < -0.3 is 20.5 Å². The van der Waals surface area contributed by atoms with Crippen LogP contribution in [0.25, 0.3) is 0 Å². The Kier molecular flexibility index (Phi) is 5.83. The number of nitrogens with one attached hydrogen (secondary N) is 2. The first-order chi connectivity index (χ1) is 9.35. The molecule has 9 heteroatoms. The van der Waals surface area contributed by atoms with Crippen LogP contribution in [-0.2, 0) is 9.53 Å². The Bertz CT molecular complexity index is 527. The number of methoxy groups -OCH3 is 1. The molecule has 1 aromatic rings. The van der Waals surface area contributed by atoms with Gasteiger partial charge in [0, 0.05) is 13.2 Å². The van der Waals surface area contributed by atoms with Crippen molar-refractivity contribution in [1.82, 2.24) is 5.32 Å². The maximum atomic E-state index is 13.4. The summed E-state index contributed by atoms with van der Waals surface area (Å²) in [6.07, 6.45) is -1.23. The summed E-state index contributed by atoms with van der Waals surface area (Å²) in [7, 11) is 1.17. The summed E-state index contributed by atoms with van der Waals surface area (Å²) in [5.74, 6) is -2.84. The number of amides is 2. The van der Waals surface area contributed by atoms with Crippen LogP contribution in [0.5, 0.6) is 0 Å². The molecule has 0 radical (unpaired) electrons. The van der Waals surface area contributed by atoms with Crippen LogP contribution in [0, 0.1) is 11.6 Å². The predicted molar refractivity (Wildman–Crippen MR) is 69.5 cm³/mol. The van der Waals surface area contributed by atoms with E-state index in [1.165, 1.54) is 7.11 Å². The van der Waals surface area contributed by atoms with Crippen LogP contribution in [0.1, 0.15) is 0 Å². The summed E-state index contributed by atoms with van der Waals surface area (Å²) in [6, 6.07) is 0.776. The fourth-order valence-electron chi connectivity index (χ4n) is 1.24. The molecule has 2 amide bonds. The second-order valence-electron chi connectivity index (χ2n) is 3.64. The van der Waals surface area contributed by atoms with Crippen molar-refractivity contribution in [3.8, 4) is 0 Å². The van der Waals surface area contributed by atoms with Gasteiger partial charge in [-0.2, -0.15) is 0 Å². The molecule has 0 aromatic heterocycles. The number of urea groups is 1. The maximum absolute atomic E-state index is 13.4. The smallest absolute Gasteiger partial charge is 0.334 e. The summed E-state index contributed by atoms with van der Waals surface area (Å²) < 4.78 is 31.1. The van der Waals surface area contributed by atoms with Crippen molar-refractivity contribution >= 4 is 33.6 Å². The number of benzene rings is 1. The van der Waals surface area contributed by atoms with Gasteiger partial charge in [-0.15, -0.1) is 0 Å². The molecule has 3 N–H and O–H groups in total. The Hall–Kier alpha value is -1.74. The zero-order valence-electron chi connectivity index (χ0n) is 10.2. The van der Waals surface area contributed by atoms with Gasteiger partial charge >= 0.3 is 12.0 Å². The van der Waals surface area contributed by atoms with Gasteiger partial charge in [0.2, 0.25) is 0 Å². The zero-order valence-corrected chi connectivity index (χ0v) is 11.8. The van der Waals surface area contributed by atoms with Gasteiger partial charge in [0.15, 0.2) is 6.10 Å². The van der Waals surface area contributed by atoms with Crippen molar-refractivity contribution < 1.29 is 28.2 Å². The molecule has 1 aromatic carbocycles. The Labute approximate surface area is 121 Å². The third-order valence-electron chi connectivity index (χ3n) is 2.27. The van der Waals surface area contributed by atoms with Crippen LogP contribution < -0.4 is 10.6 Å². The first kappa shape index (κ1) is 16.3. The van der Waals surface area contributed by atoms with Gasteiger partial charge in [0.1, 0.15) is 11.6 Å². The van der Waals surface area contributed by atoms with Crippen LogP contribution in [0.4, 0.5) is 19.3 Å². The molecule has 0 heterocycles. The van der Waals surface area contributed by atoms with E-state index >= 15 is 0 Å². The van der Waals surface area contributed by atoms with Crippen molar-refractivity contribution in [3.63, 3.8) is 0 Å². The van der Waals surface area contributed by atoms with E-state index in [9.17, 15) is 18.4 Å². The number of carboxylic acids is 1. The van der Waals surface area contributed by atoms with Crippen molar-refractivity contribution in [2.24, 2.45) is 0 Å². The van der Waals surface area contributed by atoms with Gasteiger partial charge in [-0.25, -0.2) is 18.4 Å². The molecule has 1 rings (SSSR count). The summed E-state index contributed by atoms with van der Waals surface area (Å²) >= 11 is 2.80. The highest BCUT2D eigenvalue weighted by atomic mass is 79.9. The Morgan fingerprint density at radius 2 is 2.05 bits per heavy atom. The monoisotopic (exact) mass is 352 g/mol. The molecule has 1 atom stereocenters. The van der Waals surface area contributed by atoms with Crippen molar-refractivity contribution in [2.75, 3.05) is 19.0 Å². The maximum Gasteiger partial charge on any atom is 0.334 e. The molecule has 110 valence electrons. The van der Waals surface area contributed by atoms with Crippen LogP contribution in [0.3, 0.4) is 0 Å². The molecular formula is C11H11BrF2N2O4. The molecule has 1 unspecified atom stereocenters. The molecule has 0 aliphatic rings. The third-order valence-corrected chi connectivity index (χ3v) is 2.87. The predicted octanol–water partition coefficient (Wildman–Crippen LogP) is 1.95. The van der Waals surface area contributed by atoms with E-state index in [-0.39, 0.29) is 16.7 Å². The minimum atomic E-state index is -1.26. The van der Waals surface area contributed by atoms with Crippen molar-refractivity contribution in [1.29, 1.82) is 0 Å². The number of hydrogen-bond acceptors (Lipinski definition) is 3. The number of aliphatic carboxylic acids is 1. The Morgan fingerprint density at radius 3 is 2.60 bits per heavy atom. The first-order valence-corrected chi connectivity index (χ1v) is 6.09. The number of anilines is 1. The number of rotatable bonds is 5. The van der Waals surface area contributed by atoms with E-state index in [0.29, 0.717) is 0 Å². The van der Waals surface area contributed by atoms with Crippen LogP contribution in [-0.4, -0.2) is 36.9 Å². The number of halogens is 3. The quantitative estimate of drug-likeness (QED) is 0.706. The van der Waals surface area contributed by atoms with E-state index in [2.05, 4.69) is 31.3 Å². The van der Waals surface area contributed by atoms with Crippen LogP contribution in [0.2, 0.25) is 0 Å². The lowest BCUT2D eigenvalue weighted by Gasteiger charge is -2.12. The molecule has 0 saturated carbocycles. The van der Waals surface area contributed by atoms with Gasteiger partial charge in [-0.05, 0) is 22.0 Å². The third kappa shape index (κ3) is 4.42. The zero-order chi connectivity index (χ0) is 15.3. The van der Waals surface area contributed by atoms with Crippen molar-refractivity contribution in [3.05, 3.63) is 28.2 Å². The molecule has 0 saturated heterocycles. The molecule has 0 aliphatic heterocycles. The summed E-state index contributed by atoms with van der Waals surface area (Å²) in [4.78, 5) is 22.1. The average molecular weight is 353 g/mol. The number of hydrogen-bond donors (Lipinski definition) is 3. The van der Waals surface area contributed by atoms with Gasteiger partial charge in [-0.3, -0.25) is 0 Å². The van der Waals surface area contributed by atoms with Crippen LogP contribution in [0.15, 0.2) is 16.6 Å². The van der Waals surface area contributed by atoms with Gasteiger partial charge in [0.25, 0.3) is 0 Å². The number of carbonyl (C=O) groups excluding carboxylic acids is 1. The summed E-state index contributed by atoms with van der Waals surface area (Å²) in [5, 5.41) is 12.9. The topological polar surface area (TPSA) is 87.7 Å². The highest BCUT2D eigenvalue weighted by Gasteiger charge is 2.18. The first-order valence-electron chi connectivity index (χ1n) is 5.30. The van der Waals surface area contributed by atoms with Crippen LogP contribution >= 0.6 is 15.9 Å².